The molecule has 0 atom stereocenters. The number of carbonyl (C=O) groups excluding carboxylic acids is 1. The van der Waals surface area contributed by atoms with Crippen LogP contribution in [0.1, 0.15) is 31.0 Å². The lowest BCUT2D eigenvalue weighted by Gasteiger charge is -2.22. The molecule has 0 amide bonds. The fourth-order valence-electron chi connectivity index (χ4n) is 3.00. The van der Waals surface area contributed by atoms with Crippen LogP contribution in [0.5, 0.6) is 5.75 Å². The van der Waals surface area contributed by atoms with Crippen molar-refractivity contribution >= 4 is 16.7 Å². The summed E-state index contributed by atoms with van der Waals surface area (Å²) in [6, 6.07) is 5.30. The van der Waals surface area contributed by atoms with E-state index in [1.165, 1.54) is 6.92 Å². The van der Waals surface area contributed by atoms with Crippen LogP contribution in [0, 0.1) is 6.92 Å². The van der Waals surface area contributed by atoms with Crippen molar-refractivity contribution < 1.29 is 9.53 Å². The number of hydrogen-bond acceptors (Lipinski definition) is 3. The second kappa shape index (κ2) is 4.78. The van der Waals surface area contributed by atoms with Crippen LogP contribution in [0.2, 0.25) is 0 Å². The van der Waals surface area contributed by atoms with Gasteiger partial charge in [-0.1, -0.05) is 6.07 Å². The molecule has 0 fully saturated rings. The number of aromatic nitrogens is 1. The van der Waals surface area contributed by atoms with Crippen LogP contribution in [0.4, 0.5) is 0 Å². The van der Waals surface area contributed by atoms with Crippen molar-refractivity contribution in [3.63, 3.8) is 0 Å². The van der Waals surface area contributed by atoms with Crippen molar-refractivity contribution in [3.8, 4) is 5.75 Å². The summed E-state index contributed by atoms with van der Waals surface area (Å²) in [7, 11) is 0. The fourth-order valence-corrected chi connectivity index (χ4v) is 3.00. The van der Waals surface area contributed by atoms with Crippen LogP contribution in [-0.2, 0) is 17.8 Å². The molecule has 0 radical (unpaired) electrons. The SMILES string of the molecule is CC(=O)Oc1ccc2c(C)c3n(c(=O)c2c1)CCCC3. The Hall–Kier alpha value is -2.10. The number of ether oxygens (including phenoxy) is 1. The Kier molecular flexibility index (Phi) is 3.08. The van der Waals surface area contributed by atoms with E-state index in [2.05, 4.69) is 6.92 Å². The number of esters is 1. The molecule has 4 nitrogen and oxygen atoms in total. The molecule has 104 valence electrons. The predicted octanol–water partition coefficient (Wildman–Crippen LogP) is 2.57. The average Bonchev–Trinajstić information content (AvgIpc) is 2.44. The third kappa shape index (κ3) is 2.01. The molecule has 4 heteroatoms. The molecule has 2 aromatic rings. The monoisotopic (exact) mass is 271 g/mol. The van der Waals surface area contributed by atoms with Crippen LogP contribution < -0.4 is 10.3 Å². The molecular formula is C16H17NO3. The zero-order chi connectivity index (χ0) is 14.3. The molecule has 0 saturated heterocycles. The van der Waals surface area contributed by atoms with E-state index < -0.39 is 0 Å². The minimum absolute atomic E-state index is 0.0225. The van der Waals surface area contributed by atoms with Gasteiger partial charge in [0.1, 0.15) is 5.75 Å². The fraction of sp³-hybridized carbons (Fsp3) is 0.375. The summed E-state index contributed by atoms with van der Waals surface area (Å²) in [6.07, 6.45) is 3.14. The van der Waals surface area contributed by atoms with Gasteiger partial charge in [0.25, 0.3) is 5.56 Å². The number of hydrogen-bond donors (Lipinski definition) is 0. The average molecular weight is 271 g/mol. The maximum atomic E-state index is 12.6. The van der Waals surface area contributed by atoms with Crippen LogP contribution in [0.3, 0.4) is 0 Å². The Morgan fingerprint density at radius 3 is 2.80 bits per heavy atom. The van der Waals surface area contributed by atoms with E-state index in [0.717, 1.165) is 42.5 Å². The van der Waals surface area contributed by atoms with Gasteiger partial charge in [0.15, 0.2) is 0 Å². The van der Waals surface area contributed by atoms with Crippen LogP contribution in [0.25, 0.3) is 10.8 Å². The molecule has 0 unspecified atom stereocenters. The number of pyridine rings is 1. The van der Waals surface area contributed by atoms with Crippen molar-refractivity contribution in [1.82, 2.24) is 4.57 Å². The standard InChI is InChI=1S/C16H17NO3/c1-10-13-7-6-12(20-11(2)18)9-14(13)16(19)17-8-4-3-5-15(10)17/h6-7,9H,3-5,8H2,1-2H3. The van der Waals surface area contributed by atoms with Gasteiger partial charge in [0.2, 0.25) is 0 Å². The van der Waals surface area contributed by atoms with Crippen LogP contribution >= 0.6 is 0 Å². The normalized spacial score (nSPS) is 14.1. The third-order valence-corrected chi connectivity index (χ3v) is 3.94. The van der Waals surface area contributed by atoms with E-state index in [9.17, 15) is 9.59 Å². The first-order valence-electron chi connectivity index (χ1n) is 6.92. The molecule has 1 aromatic heterocycles. The lowest BCUT2D eigenvalue weighted by atomic mass is 9.98. The molecule has 0 spiro atoms. The highest BCUT2D eigenvalue weighted by Gasteiger charge is 2.17. The summed E-state index contributed by atoms with van der Waals surface area (Å²) < 4.78 is 6.95. The maximum Gasteiger partial charge on any atom is 0.308 e. The minimum atomic E-state index is -0.376. The van der Waals surface area contributed by atoms with Crippen molar-refractivity contribution in [3.05, 3.63) is 39.8 Å². The van der Waals surface area contributed by atoms with Gasteiger partial charge in [0, 0.05) is 19.2 Å². The van der Waals surface area contributed by atoms with E-state index in [-0.39, 0.29) is 11.5 Å². The zero-order valence-electron chi connectivity index (χ0n) is 11.7. The Balaban J connectivity index is 2.27. The van der Waals surface area contributed by atoms with Gasteiger partial charge in [-0.25, -0.2) is 0 Å². The smallest absolute Gasteiger partial charge is 0.308 e. The van der Waals surface area contributed by atoms with Gasteiger partial charge in [-0.05, 0) is 49.3 Å². The molecule has 0 N–H and O–H groups in total. The summed E-state index contributed by atoms with van der Waals surface area (Å²) in [4.78, 5) is 23.6. The van der Waals surface area contributed by atoms with Crippen molar-refractivity contribution in [2.24, 2.45) is 0 Å². The molecule has 0 bridgehead atoms. The molecule has 1 aliphatic heterocycles. The number of carbonyl (C=O) groups is 1. The van der Waals surface area contributed by atoms with Gasteiger partial charge < -0.3 is 9.30 Å². The van der Waals surface area contributed by atoms with Gasteiger partial charge in [-0.2, -0.15) is 0 Å². The summed E-state index contributed by atoms with van der Waals surface area (Å²) >= 11 is 0. The third-order valence-electron chi connectivity index (χ3n) is 3.94. The number of aryl methyl sites for hydroxylation is 1. The van der Waals surface area contributed by atoms with Crippen LogP contribution in [-0.4, -0.2) is 10.5 Å². The first-order valence-corrected chi connectivity index (χ1v) is 6.92. The van der Waals surface area contributed by atoms with E-state index >= 15 is 0 Å². The van der Waals surface area contributed by atoms with Crippen LogP contribution in [0.15, 0.2) is 23.0 Å². The lowest BCUT2D eigenvalue weighted by Crippen LogP contribution is -2.28. The second-order valence-corrected chi connectivity index (χ2v) is 5.29. The molecule has 3 rings (SSSR count). The van der Waals surface area contributed by atoms with Crippen molar-refractivity contribution in [1.29, 1.82) is 0 Å². The molecule has 20 heavy (non-hydrogen) atoms. The van der Waals surface area contributed by atoms with E-state index in [1.54, 1.807) is 12.1 Å². The number of rotatable bonds is 1. The molecule has 2 heterocycles. The molecule has 1 aliphatic rings. The Morgan fingerprint density at radius 1 is 1.25 bits per heavy atom. The van der Waals surface area contributed by atoms with E-state index in [4.69, 9.17) is 4.74 Å². The first kappa shape index (κ1) is 12.9. The van der Waals surface area contributed by atoms with Gasteiger partial charge in [-0.15, -0.1) is 0 Å². The highest BCUT2D eigenvalue weighted by molar-refractivity contribution is 5.87. The number of benzene rings is 1. The zero-order valence-corrected chi connectivity index (χ0v) is 11.7. The van der Waals surface area contributed by atoms with Gasteiger partial charge in [-0.3, -0.25) is 9.59 Å². The van der Waals surface area contributed by atoms with Crippen molar-refractivity contribution in [2.45, 2.75) is 39.7 Å². The summed E-state index contributed by atoms with van der Waals surface area (Å²) in [5.74, 6) is 0.0528. The van der Waals surface area contributed by atoms with Gasteiger partial charge >= 0.3 is 5.97 Å². The lowest BCUT2D eigenvalue weighted by molar-refractivity contribution is -0.131. The van der Waals surface area contributed by atoms with E-state index in [0.29, 0.717) is 11.1 Å². The summed E-state index contributed by atoms with van der Waals surface area (Å²) in [6.45, 7) is 4.20. The molecule has 1 aromatic carbocycles. The molecule has 0 aliphatic carbocycles. The minimum Gasteiger partial charge on any atom is -0.427 e. The number of fused-ring (bicyclic) bond motifs is 2. The topological polar surface area (TPSA) is 48.3 Å². The largest absolute Gasteiger partial charge is 0.427 e. The quantitative estimate of drug-likeness (QED) is 0.591. The highest BCUT2D eigenvalue weighted by atomic mass is 16.5. The Labute approximate surface area is 117 Å². The summed E-state index contributed by atoms with van der Waals surface area (Å²) in [5, 5.41) is 1.59. The van der Waals surface area contributed by atoms with Gasteiger partial charge in [0.05, 0.1) is 5.39 Å². The number of nitrogens with zero attached hydrogens (tertiary/aromatic N) is 1. The Morgan fingerprint density at radius 2 is 2.05 bits per heavy atom. The summed E-state index contributed by atoms with van der Waals surface area (Å²) in [5.41, 5.74) is 2.33. The maximum absolute atomic E-state index is 12.6. The Bertz CT molecular complexity index is 758. The second-order valence-electron chi connectivity index (χ2n) is 5.29. The molecule has 0 saturated carbocycles. The van der Waals surface area contributed by atoms with Crippen molar-refractivity contribution in [2.75, 3.05) is 0 Å². The first-order chi connectivity index (χ1) is 9.58. The predicted molar refractivity (Wildman–Crippen MR) is 77.2 cm³/mol. The highest BCUT2D eigenvalue weighted by Crippen LogP contribution is 2.26. The molecular weight excluding hydrogens is 254 g/mol. The van der Waals surface area contributed by atoms with E-state index in [1.807, 2.05) is 10.6 Å².